The van der Waals surface area contributed by atoms with Crippen LogP contribution in [0.4, 0.5) is 0 Å². The average Bonchev–Trinajstić information content (AvgIpc) is 2.04. The summed E-state index contributed by atoms with van der Waals surface area (Å²) in [6.45, 7) is 0. The first kappa shape index (κ1) is 6.99. The van der Waals surface area contributed by atoms with E-state index in [-0.39, 0.29) is 0 Å². The highest BCUT2D eigenvalue weighted by atomic mass is 32.1. The van der Waals surface area contributed by atoms with Gasteiger partial charge in [0.05, 0.1) is 0 Å². The van der Waals surface area contributed by atoms with E-state index in [4.69, 9.17) is 12.2 Å². The van der Waals surface area contributed by atoms with Crippen molar-refractivity contribution in [3.05, 3.63) is 35.4 Å². The van der Waals surface area contributed by atoms with Crippen molar-refractivity contribution < 1.29 is 0 Å². The summed E-state index contributed by atoms with van der Waals surface area (Å²) in [4.78, 5) is 1.21. The van der Waals surface area contributed by atoms with Gasteiger partial charge in [-0.1, -0.05) is 36.5 Å². The molecule has 11 heavy (non-hydrogen) atoms. The SMILES string of the molecule is S=C1CCc2ccccc2C1. The molecule has 0 unspecified atom stereocenters. The molecule has 0 saturated carbocycles. The van der Waals surface area contributed by atoms with Crippen molar-refractivity contribution in [2.24, 2.45) is 0 Å². The molecule has 0 spiro atoms. The maximum Gasteiger partial charge on any atom is 0.00410 e. The molecule has 1 aliphatic rings. The van der Waals surface area contributed by atoms with Gasteiger partial charge in [0.1, 0.15) is 0 Å². The summed E-state index contributed by atoms with van der Waals surface area (Å²) < 4.78 is 0. The van der Waals surface area contributed by atoms with Gasteiger partial charge >= 0.3 is 0 Å². The lowest BCUT2D eigenvalue weighted by atomic mass is 9.92. The van der Waals surface area contributed by atoms with Gasteiger partial charge < -0.3 is 0 Å². The van der Waals surface area contributed by atoms with Crippen molar-refractivity contribution in [3.63, 3.8) is 0 Å². The molecular formula is C10H10S. The third-order valence-electron chi connectivity index (χ3n) is 2.18. The normalized spacial score (nSPS) is 16.2. The van der Waals surface area contributed by atoms with Gasteiger partial charge in [-0.25, -0.2) is 0 Å². The molecule has 2 rings (SSSR count). The number of fused-ring (bicyclic) bond motifs is 1. The van der Waals surface area contributed by atoms with Gasteiger partial charge in [0, 0.05) is 6.42 Å². The predicted octanol–water partition coefficient (Wildman–Crippen LogP) is 2.55. The van der Waals surface area contributed by atoms with Crippen LogP contribution in [0.25, 0.3) is 0 Å². The first-order valence-corrected chi connectivity index (χ1v) is 4.35. The minimum Gasteiger partial charge on any atom is -0.0893 e. The highest BCUT2D eigenvalue weighted by Crippen LogP contribution is 2.18. The Morgan fingerprint density at radius 2 is 1.73 bits per heavy atom. The third kappa shape index (κ3) is 1.33. The van der Waals surface area contributed by atoms with Crippen molar-refractivity contribution >= 4 is 17.1 Å². The van der Waals surface area contributed by atoms with E-state index in [0.717, 1.165) is 19.3 Å². The van der Waals surface area contributed by atoms with Crippen molar-refractivity contribution in [1.29, 1.82) is 0 Å². The zero-order valence-corrected chi connectivity index (χ0v) is 7.16. The number of aryl methyl sites for hydroxylation is 1. The van der Waals surface area contributed by atoms with E-state index in [0.29, 0.717) is 0 Å². The summed E-state index contributed by atoms with van der Waals surface area (Å²) >= 11 is 5.18. The molecule has 1 aromatic rings. The van der Waals surface area contributed by atoms with Crippen LogP contribution in [0.1, 0.15) is 17.5 Å². The second-order valence-electron chi connectivity index (χ2n) is 2.98. The monoisotopic (exact) mass is 162 g/mol. The summed E-state index contributed by atoms with van der Waals surface area (Å²) in [6.07, 6.45) is 3.27. The smallest absolute Gasteiger partial charge is 0.00410 e. The van der Waals surface area contributed by atoms with E-state index in [9.17, 15) is 0 Å². The van der Waals surface area contributed by atoms with E-state index in [1.165, 1.54) is 16.0 Å². The minimum atomic E-state index is 1.02. The standard InChI is InChI=1S/C10H10S/c11-10-6-5-8-3-1-2-4-9(8)7-10/h1-4H,5-7H2. The number of rotatable bonds is 0. The van der Waals surface area contributed by atoms with Crippen molar-refractivity contribution in [2.75, 3.05) is 0 Å². The van der Waals surface area contributed by atoms with E-state index >= 15 is 0 Å². The Balaban J connectivity index is 2.41. The molecule has 0 saturated heterocycles. The van der Waals surface area contributed by atoms with Gasteiger partial charge in [-0.3, -0.25) is 0 Å². The molecule has 0 atom stereocenters. The van der Waals surface area contributed by atoms with E-state index < -0.39 is 0 Å². The topological polar surface area (TPSA) is 0 Å². The second-order valence-corrected chi connectivity index (χ2v) is 3.56. The lowest BCUT2D eigenvalue weighted by Gasteiger charge is -2.15. The summed E-state index contributed by atoms with van der Waals surface area (Å²) in [5.74, 6) is 0. The first-order chi connectivity index (χ1) is 5.36. The van der Waals surface area contributed by atoms with Crippen molar-refractivity contribution in [2.45, 2.75) is 19.3 Å². The minimum absolute atomic E-state index is 1.02. The van der Waals surface area contributed by atoms with Crippen LogP contribution in [-0.4, -0.2) is 4.86 Å². The third-order valence-corrected chi connectivity index (χ3v) is 2.53. The van der Waals surface area contributed by atoms with Crippen molar-refractivity contribution in [1.82, 2.24) is 0 Å². The van der Waals surface area contributed by atoms with Gasteiger partial charge in [-0.05, 0) is 28.8 Å². The molecule has 0 fully saturated rings. The highest BCUT2D eigenvalue weighted by molar-refractivity contribution is 7.80. The summed E-state index contributed by atoms with van der Waals surface area (Å²) in [7, 11) is 0. The number of hydrogen-bond acceptors (Lipinski definition) is 1. The van der Waals surface area contributed by atoms with Gasteiger partial charge in [0.25, 0.3) is 0 Å². The zero-order chi connectivity index (χ0) is 7.68. The molecule has 0 heterocycles. The number of hydrogen-bond donors (Lipinski definition) is 0. The molecule has 1 aromatic carbocycles. The fourth-order valence-corrected chi connectivity index (χ4v) is 1.81. The number of thiocarbonyl (C=S) groups is 1. The van der Waals surface area contributed by atoms with Gasteiger partial charge in [0.2, 0.25) is 0 Å². The molecule has 1 heteroatoms. The fourth-order valence-electron chi connectivity index (χ4n) is 1.55. The van der Waals surface area contributed by atoms with Crippen LogP contribution in [0.2, 0.25) is 0 Å². The van der Waals surface area contributed by atoms with E-state index in [1.54, 1.807) is 0 Å². The van der Waals surface area contributed by atoms with Gasteiger partial charge in [0.15, 0.2) is 0 Å². The van der Waals surface area contributed by atoms with Crippen LogP contribution in [0.3, 0.4) is 0 Å². The maximum absolute atomic E-state index is 5.18. The molecule has 0 radical (unpaired) electrons. The van der Waals surface area contributed by atoms with Crippen LogP contribution >= 0.6 is 12.2 Å². The second kappa shape index (κ2) is 2.74. The molecule has 0 N–H and O–H groups in total. The fraction of sp³-hybridized carbons (Fsp3) is 0.300. The molecular weight excluding hydrogens is 152 g/mol. The summed E-state index contributed by atoms with van der Waals surface area (Å²) in [5, 5.41) is 0. The Morgan fingerprint density at radius 1 is 1.00 bits per heavy atom. The van der Waals surface area contributed by atoms with Crippen molar-refractivity contribution in [3.8, 4) is 0 Å². The van der Waals surface area contributed by atoms with E-state index in [2.05, 4.69) is 24.3 Å². The molecule has 1 aliphatic carbocycles. The Kier molecular flexibility index (Phi) is 1.74. The van der Waals surface area contributed by atoms with Crippen LogP contribution in [-0.2, 0) is 12.8 Å². The molecule has 0 aliphatic heterocycles. The van der Waals surface area contributed by atoms with Gasteiger partial charge in [-0.15, -0.1) is 0 Å². The lowest BCUT2D eigenvalue weighted by molar-refractivity contribution is 0.966. The van der Waals surface area contributed by atoms with Crippen LogP contribution in [0.15, 0.2) is 24.3 Å². The Bertz CT molecular complexity index is 289. The molecule has 0 bridgehead atoms. The molecule has 56 valence electrons. The van der Waals surface area contributed by atoms with Crippen LogP contribution < -0.4 is 0 Å². The van der Waals surface area contributed by atoms with Gasteiger partial charge in [-0.2, -0.15) is 0 Å². The first-order valence-electron chi connectivity index (χ1n) is 3.95. The Hall–Kier alpha value is -0.690. The average molecular weight is 162 g/mol. The lowest BCUT2D eigenvalue weighted by Crippen LogP contribution is -2.10. The Labute approximate surface area is 72.2 Å². The van der Waals surface area contributed by atoms with Crippen LogP contribution in [0.5, 0.6) is 0 Å². The maximum atomic E-state index is 5.18. The molecule has 0 aromatic heterocycles. The summed E-state index contributed by atoms with van der Waals surface area (Å²) in [5.41, 5.74) is 2.92. The highest BCUT2D eigenvalue weighted by Gasteiger charge is 2.10. The summed E-state index contributed by atoms with van der Waals surface area (Å²) in [6, 6.07) is 8.58. The van der Waals surface area contributed by atoms with E-state index in [1.807, 2.05) is 0 Å². The molecule has 0 nitrogen and oxygen atoms in total. The largest absolute Gasteiger partial charge is 0.0893 e. The predicted molar refractivity (Wildman–Crippen MR) is 51.1 cm³/mol. The zero-order valence-electron chi connectivity index (χ0n) is 6.34. The van der Waals surface area contributed by atoms with Crippen LogP contribution in [0, 0.1) is 0 Å². The Morgan fingerprint density at radius 3 is 2.55 bits per heavy atom. The molecule has 0 amide bonds. The quantitative estimate of drug-likeness (QED) is 0.528. The number of benzene rings is 1.